The molecule has 0 unspecified atom stereocenters. The molecule has 0 saturated carbocycles. The summed E-state index contributed by atoms with van der Waals surface area (Å²) in [6.07, 6.45) is 1.50. The molecule has 1 saturated heterocycles. The van der Waals surface area contributed by atoms with E-state index in [1.165, 1.54) is 0 Å². The summed E-state index contributed by atoms with van der Waals surface area (Å²) in [5, 5.41) is 6.13. The lowest BCUT2D eigenvalue weighted by atomic mass is 9.92. The number of hydrogen-bond acceptors (Lipinski definition) is 4. The van der Waals surface area contributed by atoms with Gasteiger partial charge in [0.2, 0.25) is 0 Å². The van der Waals surface area contributed by atoms with Crippen molar-refractivity contribution in [2.75, 3.05) is 19.7 Å². The number of carbonyl (C=O) groups is 1. The van der Waals surface area contributed by atoms with Crippen LogP contribution in [0.1, 0.15) is 45.2 Å². The molecule has 0 bridgehead atoms. The van der Waals surface area contributed by atoms with Gasteiger partial charge in [-0.25, -0.2) is 9.48 Å². The molecule has 1 aromatic carbocycles. The van der Waals surface area contributed by atoms with Crippen LogP contribution in [0.4, 0.5) is 4.79 Å². The monoisotopic (exact) mass is 587 g/mol. The van der Waals surface area contributed by atoms with Crippen molar-refractivity contribution in [2.24, 2.45) is 0 Å². The Labute approximate surface area is 209 Å². The minimum Gasteiger partial charge on any atom is -0.444 e. The second-order valence-electron chi connectivity index (χ2n) is 10.8. The van der Waals surface area contributed by atoms with Crippen molar-refractivity contribution in [3.63, 3.8) is 0 Å². The van der Waals surface area contributed by atoms with Gasteiger partial charge in [0.25, 0.3) is 0 Å². The first kappa shape index (κ1) is 25.7. The lowest BCUT2D eigenvalue weighted by molar-refractivity contribution is 0.0204. The molecule has 0 aliphatic carbocycles. The highest BCUT2D eigenvalue weighted by atomic mass is 79.9. The summed E-state index contributed by atoms with van der Waals surface area (Å²) in [5.41, 5.74) is 1.66. The molecule has 3 rings (SSSR count). The van der Waals surface area contributed by atoms with Gasteiger partial charge in [-0.05, 0) is 67.7 Å². The Balaban J connectivity index is 1.76. The number of halogens is 2. The minimum atomic E-state index is -1.13. The lowest BCUT2D eigenvalue weighted by Crippen LogP contribution is -2.41. The molecule has 0 spiro atoms. The number of ether oxygens (including phenoxy) is 2. The quantitative estimate of drug-likeness (QED) is 0.269. The third kappa shape index (κ3) is 6.81. The van der Waals surface area contributed by atoms with Crippen LogP contribution >= 0.6 is 31.9 Å². The van der Waals surface area contributed by atoms with E-state index in [0.717, 1.165) is 51.0 Å². The van der Waals surface area contributed by atoms with Crippen LogP contribution in [-0.2, 0) is 16.2 Å². The van der Waals surface area contributed by atoms with Gasteiger partial charge in [0.15, 0.2) is 0 Å². The zero-order valence-electron chi connectivity index (χ0n) is 20.0. The van der Waals surface area contributed by atoms with Crippen molar-refractivity contribution < 1.29 is 14.3 Å². The smallest absolute Gasteiger partial charge is 0.410 e. The highest BCUT2D eigenvalue weighted by Gasteiger charge is 2.30. The lowest BCUT2D eigenvalue weighted by Gasteiger charge is -2.33. The molecule has 1 aromatic heterocycles. The van der Waals surface area contributed by atoms with Crippen LogP contribution in [-0.4, -0.2) is 54.1 Å². The molecule has 1 amide bonds. The van der Waals surface area contributed by atoms with Crippen molar-refractivity contribution in [1.29, 1.82) is 0 Å². The van der Waals surface area contributed by atoms with E-state index in [-0.39, 0.29) is 12.0 Å². The van der Waals surface area contributed by atoms with E-state index in [9.17, 15) is 4.79 Å². The predicted molar refractivity (Wildman–Crippen MR) is 139 cm³/mol. The molecule has 2 aromatic rings. The zero-order valence-corrected chi connectivity index (χ0v) is 24.2. The highest BCUT2D eigenvalue weighted by Crippen LogP contribution is 2.38. The highest BCUT2D eigenvalue weighted by molar-refractivity contribution is 9.11. The molecule has 6 nitrogen and oxygen atoms in total. The SMILES string of the molecule is CC(C)(C)OC(=O)N1CCC(c2nn(COCC[Si](C)(C)C)c3cc(Br)cc(Br)c23)CC1. The summed E-state index contributed by atoms with van der Waals surface area (Å²) in [5.74, 6) is 0.289. The number of benzene rings is 1. The number of piperidine rings is 1. The molecular formula is C23H35Br2N3O3Si. The van der Waals surface area contributed by atoms with Crippen LogP contribution in [0.3, 0.4) is 0 Å². The first-order valence-corrected chi connectivity index (χ1v) is 16.5. The van der Waals surface area contributed by atoms with E-state index in [2.05, 4.69) is 63.6 Å². The molecule has 178 valence electrons. The van der Waals surface area contributed by atoms with Gasteiger partial charge in [0.1, 0.15) is 12.3 Å². The van der Waals surface area contributed by atoms with E-state index in [0.29, 0.717) is 19.8 Å². The second-order valence-corrected chi connectivity index (χ2v) is 18.1. The molecule has 0 radical (unpaired) electrons. The van der Waals surface area contributed by atoms with Crippen LogP contribution in [0.2, 0.25) is 25.7 Å². The van der Waals surface area contributed by atoms with Gasteiger partial charge in [0, 0.05) is 48.0 Å². The van der Waals surface area contributed by atoms with Crippen LogP contribution < -0.4 is 0 Å². The van der Waals surface area contributed by atoms with Crippen LogP contribution in [0.5, 0.6) is 0 Å². The Kier molecular flexibility index (Phi) is 8.16. The summed E-state index contributed by atoms with van der Waals surface area (Å²) in [4.78, 5) is 14.3. The number of amides is 1. The number of hydrogen-bond donors (Lipinski definition) is 0. The van der Waals surface area contributed by atoms with E-state index < -0.39 is 13.7 Å². The van der Waals surface area contributed by atoms with Crippen molar-refractivity contribution in [3.05, 3.63) is 26.8 Å². The topological polar surface area (TPSA) is 56.6 Å². The molecular weight excluding hydrogens is 554 g/mol. The van der Waals surface area contributed by atoms with Gasteiger partial charge >= 0.3 is 6.09 Å². The third-order valence-electron chi connectivity index (χ3n) is 5.54. The summed E-state index contributed by atoms with van der Waals surface area (Å²) in [7, 11) is -1.13. The van der Waals surface area contributed by atoms with Gasteiger partial charge in [-0.1, -0.05) is 35.6 Å². The van der Waals surface area contributed by atoms with Crippen molar-refractivity contribution >= 4 is 56.9 Å². The summed E-state index contributed by atoms with van der Waals surface area (Å²) >= 11 is 7.37. The van der Waals surface area contributed by atoms with E-state index in [1.54, 1.807) is 0 Å². The van der Waals surface area contributed by atoms with Crippen molar-refractivity contribution in [1.82, 2.24) is 14.7 Å². The molecule has 1 aliphatic heterocycles. The number of rotatable bonds is 6. The first-order chi connectivity index (χ1) is 14.8. The maximum Gasteiger partial charge on any atom is 0.410 e. The summed E-state index contributed by atoms with van der Waals surface area (Å²) in [6.45, 7) is 15.3. The normalized spacial score (nSPS) is 16.1. The number of fused-ring (bicyclic) bond motifs is 1. The second kappa shape index (κ2) is 10.2. The summed E-state index contributed by atoms with van der Waals surface area (Å²) < 4.78 is 15.6. The largest absolute Gasteiger partial charge is 0.444 e. The van der Waals surface area contributed by atoms with Gasteiger partial charge in [-0.3, -0.25) is 0 Å². The Morgan fingerprint density at radius 2 is 1.84 bits per heavy atom. The molecule has 32 heavy (non-hydrogen) atoms. The van der Waals surface area contributed by atoms with Crippen molar-refractivity contribution in [3.8, 4) is 0 Å². The van der Waals surface area contributed by atoms with Crippen LogP contribution in [0.25, 0.3) is 10.9 Å². The zero-order chi connectivity index (χ0) is 23.7. The van der Waals surface area contributed by atoms with Gasteiger partial charge in [-0.2, -0.15) is 5.10 Å². The fourth-order valence-corrected chi connectivity index (χ4v) is 5.99. The maximum absolute atomic E-state index is 12.4. The fraction of sp³-hybridized carbons (Fsp3) is 0.652. The van der Waals surface area contributed by atoms with Crippen molar-refractivity contribution in [2.45, 2.75) is 77.5 Å². The molecule has 0 atom stereocenters. The Morgan fingerprint density at radius 3 is 2.44 bits per heavy atom. The molecule has 2 heterocycles. The minimum absolute atomic E-state index is 0.229. The standard InChI is InChI=1S/C23H35Br2N3O3Si/c1-23(2,3)31-22(29)27-9-7-16(8-10-27)21-20-18(25)13-17(24)14-19(20)28(26-21)15-30-11-12-32(4,5)6/h13-14,16H,7-12,15H2,1-6H3. The third-order valence-corrected chi connectivity index (χ3v) is 8.33. The predicted octanol–water partition coefficient (Wildman–Crippen LogP) is 6.99. The molecule has 0 N–H and O–H groups in total. The Bertz CT molecular complexity index is 958. The van der Waals surface area contributed by atoms with E-state index >= 15 is 0 Å². The molecule has 9 heteroatoms. The molecule has 1 fully saturated rings. The average Bonchev–Trinajstić information content (AvgIpc) is 3.02. The number of nitrogens with zero attached hydrogens (tertiary/aromatic N) is 3. The van der Waals surface area contributed by atoms with E-state index in [1.807, 2.05) is 30.4 Å². The number of likely N-dealkylation sites (tertiary alicyclic amines) is 1. The summed E-state index contributed by atoms with van der Waals surface area (Å²) in [6, 6.07) is 5.31. The maximum atomic E-state index is 12.4. The van der Waals surface area contributed by atoms with Gasteiger partial charge < -0.3 is 14.4 Å². The van der Waals surface area contributed by atoms with Crippen LogP contribution in [0.15, 0.2) is 21.1 Å². The fourth-order valence-electron chi connectivity index (χ4n) is 3.83. The number of aromatic nitrogens is 2. The first-order valence-electron chi connectivity index (χ1n) is 11.3. The van der Waals surface area contributed by atoms with Gasteiger partial charge in [0.05, 0.1) is 11.2 Å². The Morgan fingerprint density at radius 1 is 1.19 bits per heavy atom. The Hall–Kier alpha value is -0.903. The van der Waals surface area contributed by atoms with Crippen LogP contribution in [0, 0.1) is 0 Å². The van der Waals surface area contributed by atoms with E-state index in [4.69, 9.17) is 14.6 Å². The molecule has 1 aliphatic rings. The van der Waals surface area contributed by atoms with Gasteiger partial charge in [-0.15, -0.1) is 0 Å². The average molecular weight is 589 g/mol. The number of carbonyl (C=O) groups excluding carboxylic acids is 1.